The molecule has 2 heteroatoms. The topological polar surface area (TPSA) is 29.5 Å². The van der Waals surface area contributed by atoms with Gasteiger partial charge in [-0.3, -0.25) is 0 Å². The van der Waals surface area contributed by atoms with Gasteiger partial charge in [0.25, 0.3) is 0 Å². The van der Waals surface area contributed by atoms with Gasteiger partial charge >= 0.3 is 0 Å². The van der Waals surface area contributed by atoms with E-state index in [1.807, 2.05) is 31.2 Å². The molecular weight excluding hydrogens is 236 g/mol. The van der Waals surface area contributed by atoms with E-state index in [1.54, 1.807) is 0 Å². The lowest BCUT2D eigenvalue weighted by Crippen LogP contribution is -2.24. The molecule has 0 spiro atoms. The van der Waals surface area contributed by atoms with Crippen molar-refractivity contribution >= 4 is 0 Å². The second-order valence-corrected chi connectivity index (χ2v) is 6.13. The summed E-state index contributed by atoms with van der Waals surface area (Å²) >= 11 is 0. The summed E-state index contributed by atoms with van der Waals surface area (Å²) in [6, 6.07) is 7.92. The molecule has 0 heterocycles. The molecule has 1 aromatic carbocycles. The lowest BCUT2D eigenvalue weighted by molar-refractivity contribution is 0.0550. The van der Waals surface area contributed by atoms with Crippen LogP contribution in [-0.2, 0) is 0 Å². The molecule has 106 valence electrons. The molecule has 0 amide bonds. The molecule has 1 aromatic rings. The van der Waals surface area contributed by atoms with Gasteiger partial charge in [-0.05, 0) is 61.6 Å². The van der Waals surface area contributed by atoms with Crippen LogP contribution in [0.15, 0.2) is 24.3 Å². The molecule has 0 aliphatic heterocycles. The van der Waals surface area contributed by atoms with Crippen molar-refractivity contribution in [1.82, 2.24) is 0 Å². The van der Waals surface area contributed by atoms with Crippen molar-refractivity contribution in [2.75, 3.05) is 6.61 Å². The molecule has 1 N–H and O–H groups in total. The quantitative estimate of drug-likeness (QED) is 0.881. The van der Waals surface area contributed by atoms with Gasteiger partial charge < -0.3 is 9.84 Å². The second-order valence-electron chi connectivity index (χ2n) is 6.13. The van der Waals surface area contributed by atoms with E-state index in [-0.39, 0.29) is 6.10 Å². The third kappa shape index (κ3) is 3.73. The third-order valence-electron chi connectivity index (χ3n) is 4.17. The first kappa shape index (κ1) is 14.4. The van der Waals surface area contributed by atoms with Crippen LogP contribution >= 0.6 is 0 Å². The molecule has 0 bridgehead atoms. The molecule has 1 aliphatic carbocycles. The first-order valence-electron chi connectivity index (χ1n) is 7.51. The summed E-state index contributed by atoms with van der Waals surface area (Å²) in [5.74, 6) is 2.68. The van der Waals surface area contributed by atoms with Crippen molar-refractivity contribution in [2.24, 2.45) is 17.8 Å². The van der Waals surface area contributed by atoms with Crippen molar-refractivity contribution < 1.29 is 9.84 Å². The fourth-order valence-electron chi connectivity index (χ4n) is 3.49. The number of hydrogen-bond acceptors (Lipinski definition) is 2. The number of rotatable bonds is 4. The third-order valence-corrected chi connectivity index (χ3v) is 4.17. The Kier molecular flexibility index (Phi) is 4.87. The van der Waals surface area contributed by atoms with E-state index < -0.39 is 0 Å². The van der Waals surface area contributed by atoms with Crippen molar-refractivity contribution in [1.29, 1.82) is 0 Å². The van der Waals surface area contributed by atoms with E-state index in [2.05, 4.69) is 13.8 Å². The van der Waals surface area contributed by atoms with Crippen LogP contribution in [0.4, 0.5) is 0 Å². The second kappa shape index (κ2) is 6.42. The maximum atomic E-state index is 10.6. The maximum Gasteiger partial charge on any atom is 0.119 e. The summed E-state index contributed by atoms with van der Waals surface area (Å²) in [6.07, 6.45) is 3.20. The van der Waals surface area contributed by atoms with Crippen LogP contribution < -0.4 is 4.74 Å². The Morgan fingerprint density at radius 2 is 1.89 bits per heavy atom. The first-order chi connectivity index (χ1) is 9.10. The van der Waals surface area contributed by atoms with Gasteiger partial charge in [0.05, 0.1) is 12.7 Å². The van der Waals surface area contributed by atoms with Gasteiger partial charge in [-0.1, -0.05) is 26.0 Å². The minimum absolute atomic E-state index is 0.356. The molecule has 3 unspecified atom stereocenters. The molecule has 2 rings (SSSR count). The molecule has 1 aliphatic rings. The van der Waals surface area contributed by atoms with E-state index in [1.165, 1.54) is 6.42 Å². The van der Waals surface area contributed by atoms with E-state index in [9.17, 15) is 5.11 Å². The first-order valence-corrected chi connectivity index (χ1v) is 7.51. The predicted octanol–water partition coefficient (Wildman–Crippen LogP) is 4.19. The van der Waals surface area contributed by atoms with Crippen LogP contribution in [0.3, 0.4) is 0 Å². The lowest BCUT2D eigenvalue weighted by Gasteiger charge is -2.34. The van der Waals surface area contributed by atoms with Gasteiger partial charge in [-0.25, -0.2) is 0 Å². The zero-order valence-electron chi connectivity index (χ0n) is 12.3. The van der Waals surface area contributed by atoms with Crippen molar-refractivity contribution in [3.63, 3.8) is 0 Å². The Labute approximate surface area is 116 Å². The van der Waals surface area contributed by atoms with E-state index in [4.69, 9.17) is 4.74 Å². The lowest BCUT2D eigenvalue weighted by atomic mass is 9.73. The zero-order chi connectivity index (χ0) is 13.8. The normalized spacial score (nSPS) is 28.9. The van der Waals surface area contributed by atoms with Crippen molar-refractivity contribution in [3.8, 4) is 5.75 Å². The number of ether oxygens (including phenoxy) is 1. The number of aliphatic hydroxyl groups is 1. The number of hydrogen-bond donors (Lipinski definition) is 1. The fourth-order valence-corrected chi connectivity index (χ4v) is 3.49. The summed E-state index contributed by atoms with van der Waals surface area (Å²) in [7, 11) is 0. The highest BCUT2D eigenvalue weighted by atomic mass is 16.5. The highest BCUT2D eigenvalue weighted by molar-refractivity contribution is 5.30. The van der Waals surface area contributed by atoms with Gasteiger partial charge in [-0.15, -0.1) is 0 Å². The van der Waals surface area contributed by atoms with Gasteiger partial charge in [0.1, 0.15) is 5.75 Å². The Hall–Kier alpha value is -1.02. The monoisotopic (exact) mass is 262 g/mol. The van der Waals surface area contributed by atoms with Crippen LogP contribution in [-0.4, -0.2) is 11.7 Å². The predicted molar refractivity (Wildman–Crippen MR) is 78.2 cm³/mol. The van der Waals surface area contributed by atoms with Gasteiger partial charge in [0.15, 0.2) is 0 Å². The highest BCUT2D eigenvalue weighted by Gasteiger charge is 2.29. The highest BCUT2D eigenvalue weighted by Crippen LogP contribution is 2.40. The van der Waals surface area contributed by atoms with E-state index in [0.717, 1.165) is 36.0 Å². The minimum Gasteiger partial charge on any atom is -0.494 e. The van der Waals surface area contributed by atoms with Gasteiger partial charge in [0, 0.05) is 0 Å². The Morgan fingerprint density at radius 1 is 1.21 bits per heavy atom. The zero-order valence-corrected chi connectivity index (χ0v) is 12.3. The van der Waals surface area contributed by atoms with Crippen molar-refractivity contribution in [2.45, 2.75) is 46.1 Å². The van der Waals surface area contributed by atoms with Crippen molar-refractivity contribution in [3.05, 3.63) is 29.8 Å². The van der Waals surface area contributed by atoms with E-state index >= 15 is 0 Å². The molecule has 0 aromatic heterocycles. The Morgan fingerprint density at radius 3 is 2.53 bits per heavy atom. The molecule has 19 heavy (non-hydrogen) atoms. The Balaban J connectivity index is 2.09. The molecule has 0 radical (unpaired) electrons. The summed E-state index contributed by atoms with van der Waals surface area (Å²) in [5, 5.41) is 10.6. The summed E-state index contributed by atoms with van der Waals surface area (Å²) in [6.45, 7) is 7.24. The molecular formula is C17H26O2. The smallest absolute Gasteiger partial charge is 0.119 e. The average molecular weight is 262 g/mol. The van der Waals surface area contributed by atoms with Gasteiger partial charge in [0.2, 0.25) is 0 Å². The number of benzene rings is 1. The van der Waals surface area contributed by atoms with Crippen LogP contribution in [0, 0.1) is 17.8 Å². The molecule has 2 nitrogen and oxygen atoms in total. The largest absolute Gasteiger partial charge is 0.494 e. The summed E-state index contributed by atoms with van der Waals surface area (Å²) in [4.78, 5) is 0. The average Bonchev–Trinajstić information content (AvgIpc) is 2.37. The summed E-state index contributed by atoms with van der Waals surface area (Å²) in [5.41, 5.74) is 0.997. The van der Waals surface area contributed by atoms with Crippen LogP contribution in [0.1, 0.15) is 51.7 Å². The standard InChI is InChI=1S/C17H26O2/c1-4-19-16-7-5-6-14(11-16)17(18)15-9-12(2)8-13(3)10-15/h5-7,11-13,15,17-18H,4,8-10H2,1-3H3. The van der Waals surface area contributed by atoms with Crippen LogP contribution in [0.2, 0.25) is 0 Å². The molecule has 0 saturated heterocycles. The molecule has 3 atom stereocenters. The number of aliphatic hydroxyl groups excluding tert-OH is 1. The SMILES string of the molecule is CCOc1cccc(C(O)C2CC(C)CC(C)C2)c1. The molecule has 1 fully saturated rings. The maximum absolute atomic E-state index is 10.6. The minimum atomic E-state index is -0.356. The van der Waals surface area contributed by atoms with Gasteiger partial charge in [-0.2, -0.15) is 0 Å². The summed E-state index contributed by atoms with van der Waals surface area (Å²) < 4.78 is 5.52. The van der Waals surface area contributed by atoms with Crippen LogP contribution in [0.25, 0.3) is 0 Å². The Bertz CT molecular complexity index is 392. The molecule has 1 saturated carbocycles. The van der Waals surface area contributed by atoms with Crippen LogP contribution in [0.5, 0.6) is 5.75 Å². The van der Waals surface area contributed by atoms with E-state index in [0.29, 0.717) is 12.5 Å². The fraction of sp³-hybridized carbons (Fsp3) is 0.647.